The van der Waals surface area contributed by atoms with Crippen LogP contribution in [-0.4, -0.2) is 13.1 Å². The fourth-order valence-electron chi connectivity index (χ4n) is 1.75. The molecule has 0 spiro atoms. The molecule has 0 fully saturated rings. The average Bonchev–Trinajstić information content (AvgIpc) is 2.50. The molecule has 0 unspecified atom stereocenters. The molecule has 0 aromatic heterocycles. The highest BCUT2D eigenvalue weighted by atomic mass is 35.5. The van der Waals surface area contributed by atoms with Crippen LogP contribution in [0.2, 0.25) is 10.0 Å². The van der Waals surface area contributed by atoms with Crippen LogP contribution in [0.5, 0.6) is 0 Å². The smallest absolute Gasteiger partial charge is 0.307 e. The predicted molar refractivity (Wildman–Crippen MR) is 85.0 cm³/mol. The van der Waals surface area contributed by atoms with E-state index in [0.29, 0.717) is 27.0 Å². The Morgan fingerprint density at radius 2 is 1.90 bits per heavy atom. The first-order valence-electron chi connectivity index (χ1n) is 6.02. The summed E-state index contributed by atoms with van der Waals surface area (Å²) in [6.07, 6.45) is 0. The zero-order valence-electron chi connectivity index (χ0n) is 11.1. The van der Waals surface area contributed by atoms with Gasteiger partial charge in [-0.15, -0.1) is 0 Å². The first-order chi connectivity index (χ1) is 10.0. The summed E-state index contributed by atoms with van der Waals surface area (Å²) in [7, 11) is 1.59. The number of benzene rings is 2. The molecule has 0 bridgehead atoms. The average molecular weight is 320 g/mol. The fraction of sp³-hybridized carbons (Fsp3) is 0.0667. The quantitative estimate of drug-likeness (QED) is 0.883. The van der Waals surface area contributed by atoms with Gasteiger partial charge < -0.3 is 5.32 Å². The number of hydrogen-bond donors (Lipinski definition) is 1. The van der Waals surface area contributed by atoms with Crippen LogP contribution in [0.1, 0.15) is 5.56 Å². The Morgan fingerprint density at radius 3 is 2.57 bits per heavy atom. The summed E-state index contributed by atoms with van der Waals surface area (Å²) in [5.74, 6) is 0. The van der Waals surface area contributed by atoms with Crippen molar-refractivity contribution in [3.8, 4) is 6.07 Å². The zero-order valence-corrected chi connectivity index (χ0v) is 12.6. The second-order valence-electron chi connectivity index (χ2n) is 4.25. The minimum atomic E-state index is -0.379. The van der Waals surface area contributed by atoms with Crippen LogP contribution < -0.4 is 10.2 Å². The molecule has 1 N–H and O–H groups in total. The van der Waals surface area contributed by atoms with Gasteiger partial charge in [-0.2, -0.15) is 5.26 Å². The second-order valence-corrected chi connectivity index (χ2v) is 5.06. The third kappa shape index (κ3) is 3.46. The third-order valence-corrected chi connectivity index (χ3v) is 3.60. The fourth-order valence-corrected chi connectivity index (χ4v) is 2.05. The van der Waals surface area contributed by atoms with Crippen molar-refractivity contribution in [2.24, 2.45) is 0 Å². The number of halogens is 2. The van der Waals surface area contributed by atoms with Gasteiger partial charge in [0.25, 0.3) is 0 Å². The molecule has 0 aliphatic heterocycles. The highest BCUT2D eigenvalue weighted by molar-refractivity contribution is 6.42. The molecule has 0 heterocycles. The lowest BCUT2D eigenvalue weighted by Gasteiger charge is -2.19. The minimum absolute atomic E-state index is 0.356. The number of rotatable bonds is 2. The van der Waals surface area contributed by atoms with Crippen molar-refractivity contribution < 1.29 is 4.79 Å². The first-order valence-corrected chi connectivity index (χ1v) is 6.77. The van der Waals surface area contributed by atoms with E-state index in [1.807, 2.05) is 0 Å². The van der Waals surface area contributed by atoms with E-state index >= 15 is 0 Å². The Balaban J connectivity index is 2.20. The van der Waals surface area contributed by atoms with E-state index in [1.54, 1.807) is 49.5 Å². The van der Waals surface area contributed by atoms with E-state index in [2.05, 4.69) is 11.4 Å². The lowest BCUT2D eigenvalue weighted by atomic mass is 10.2. The van der Waals surface area contributed by atoms with E-state index < -0.39 is 0 Å². The van der Waals surface area contributed by atoms with E-state index in [9.17, 15) is 4.79 Å². The van der Waals surface area contributed by atoms with Crippen molar-refractivity contribution >= 4 is 40.6 Å². The molecule has 2 amide bonds. The highest BCUT2D eigenvalue weighted by Crippen LogP contribution is 2.25. The molecule has 2 rings (SSSR count). The van der Waals surface area contributed by atoms with Crippen LogP contribution in [0, 0.1) is 11.3 Å². The lowest BCUT2D eigenvalue weighted by Crippen LogP contribution is -2.31. The van der Waals surface area contributed by atoms with Gasteiger partial charge in [-0.05, 0) is 30.3 Å². The molecule has 106 valence electrons. The largest absolute Gasteiger partial charge is 0.326 e. The topological polar surface area (TPSA) is 56.1 Å². The number of carbonyl (C=O) groups excluding carboxylic acids is 1. The summed E-state index contributed by atoms with van der Waals surface area (Å²) in [6.45, 7) is 0. The van der Waals surface area contributed by atoms with E-state index in [1.165, 1.54) is 4.90 Å². The van der Waals surface area contributed by atoms with Gasteiger partial charge >= 0.3 is 6.03 Å². The van der Waals surface area contributed by atoms with Crippen LogP contribution in [0.15, 0.2) is 42.5 Å². The molecule has 0 radical (unpaired) electrons. The van der Waals surface area contributed by atoms with Gasteiger partial charge in [-0.25, -0.2) is 4.79 Å². The minimum Gasteiger partial charge on any atom is -0.307 e. The molecule has 2 aromatic rings. The molecule has 6 heteroatoms. The number of nitrogens with one attached hydrogen (secondary N) is 1. The van der Waals surface area contributed by atoms with Crippen molar-refractivity contribution in [3.05, 3.63) is 58.1 Å². The Bertz CT molecular complexity index is 725. The molecule has 0 atom stereocenters. The number of carbonyl (C=O) groups is 1. The Kier molecular flexibility index (Phi) is 4.69. The van der Waals surface area contributed by atoms with Gasteiger partial charge in [-0.3, -0.25) is 4.90 Å². The van der Waals surface area contributed by atoms with Gasteiger partial charge in [0, 0.05) is 12.7 Å². The summed E-state index contributed by atoms with van der Waals surface area (Å²) in [5, 5.41) is 12.5. The van der Waals surface area contributed by atoms with Gasteiger partial charge in [-0.1, -0.05) is 35.3 Å². The van der Waals surface area contributed by atoms with E-state index in [4.69, 9.17) is 28.5 Å². The monoisotopic (exact) mass is 319 g/mol. The van der Waals surface area contributed by atoms with Crippen molar-refractivity contribution in [2.45, 2.75) is 0 Å². The van der Waals surface area contributed by atoms with E-state index in [-0.39, 0.29) is 6.03 Å². The summed E-state index contributed by atoms with van der Waals surface area (Å²) in [6, 6.07) is 13.3. The maximum atomic E-state index is 12.2. The van der Waals surface area contributed by atoms with Crippen LogP contribution >= 0.6 is 23.2 Å². The molecule has 0 saturated heterocycles. The molecule has 0 aliphatic rings. The normalized spacial score (nSPS) is 9.81. The number of urea groups is 1. The van der Waals surface area contributed by atoms with Crippen molar-refractivity contribution in [1.29, 1.82) is 5.26 Å². The van der Waals surface area contributed by atoms with Crippen LogP contribution in [0.3, 0.4) is 0 Å². The van der Waals surface area contributed by atoms with Crippen molar-refractivity contribution in [2.75, 3.05) is 17.3 Å². The maximum Gasteiger partial charge on any atom is 0.326 e. The Labute approximate surface area is 132 Å². The number of para-hydroxylation sites is 1. The molecule has 21 heavy (non-hydrogen) atoms. The standard InChI is InChI=1S/C15H11Cl2N3O/c1-20(14-5-3-2-4-10(14)9-18)15(21)19-11-6-7-12(16)13(17)8-11/h2-8H,1H3,(H,19,21). The Hall–Kier alpha value is -2.22. The Morgan fingerprint density at radius 1 is 1.19 bits per heavy atom. The van der Waals surface area contributed by atoms with Crippen molar-refractivity contribution in [3.63, 3.8) is 0 Å². The molecular weight excluding hydrogens is 309 g/mol. The summed E-state index contributed by atoms with van der Waals surface area (Å²) >= 11 is 11.7. The van der Waals surface area contributed by atoms with Crippen LogP contribution in [0.25, 0.3) is 0 Å². The van der Waals surface area contributed by atoms with Gasteiger partial charge in [0.2, 0.25) is 0 Å². The number of anilines is 2. The lowest BCUT2D eigenvalue weighted by molar-refractivity contribution is 0.258. The predicted octanol–water partition coefficient (Wildman–Crippen LogP) is 4.53. The first kappa shape index (κ1) is 15.2. The highest BCUT2D eigenvalue weighted by Gasteiger charge is 2.14. The van der Waals surface area contributed by atoms with Gasteiger partial charge in [0.1, 0.15) is 6.07 Å². The van der Waals surface area contributed by atoms with Crippen molar-refractivity contribution in [1.82, 2.24) is 0 Å². The molecule has 4 nitrogen and oxygen atoms in total. The molecular formula is C15H11Cl2N3O. The van der Waals surface area contributed by atoms with Crippen LogP contribution in [-0.2, 0) is 0 Å². The summed E-state index contributed by atoms with van der Waals surface area (Å²) in [5.41, 5.74) is 1.47. The van der Waals surface area contributed by atoms with Gasteiger partial charge in [0.05, 0.1) is 21.3 Å². The molecule has 0 aliphatic carbocycles. The van der Waals surface area contributed by atoms with E-state index in [0.717, 1.165) is 0 Å². The summed E-state index contributed by atoms with van der Waals surface area (Å²) in [4.78, 5) is 13.6. The third-order valence-electron chi connectivity index (χ3n) is 2.86. The SMILES string of the molecule is CN(C(=O)Nc1ccc(Cl)c(Cl)c1)c1ccccc1C#N. The van der Waals surface area contributed by atoms with Gasteiger partial charge in [0.15, 0.2) is 0 Å². The zero-order chi connectivity index (χ0) is 15.4. The molecule has 2 aromatic carbocycles. The van der Waals surface area contributed by atoms with Crippen LogP contribution in [0.4, 0.5) is 16.2 Å². The molecule has 0 saturated carbocycles. The second kappa shape index (κ2) is 6.49. The number of nitrogens with zero attached hydrogens (tertiary/aromatic N) is 2. The number of nitriles is 1. The maximum absolute atomic E-state index is 12.2. The number of amides is 2. The number of hydrogen-bond acceptors (Lipinski definition) is 2. The summed E-state index contributed by atoms with van der Waals surface area (Å²) < 4.78 is 0.